The number of hydrogen-bond acceptors (Lipinski definition) is 3. The Kier molecular flexibility index (Phi) is 4.37. The lowest BCUT2D eigenvalue weighted by Crippen LogP contribution is -2.28. The molecule has 2 N–H and O–H groups in total. The van der Waals surface area contributed by atoms with Gasteiger partial charge in [0.25, 0.3) is 5.91 Å². The van der Waals surface area contributed by atoms with Gasteiger partial charge in [-0.05, 0) is 62.1 Å². The number of nitrogens with zero attached hydrogens (tertiary/aromatic N) is 2. The molecule has 3 aromatic rings. The number of amides is 1. The van der Waals surface area contributed by atoms with Crippen LogP contribution in [0.3, 0.4) is 0 Å². The summed E-state index contributed by atoms with van der Waals surface area (Å²) in [6.07, 6.45) is 3.90. The molecule has 1 saturated heterocycles. The van der Waals surface area contributed by atoms with Crippen LogP contribution in [-0.4, -0.2) is 33.9 Å². The Hall–Kier alpha value is -2.82. The molecule has 2 aromatic heterocycles. The molecular weight excluding hydrogens is 324 g/mol. The molecule has 26 heavy (non-hydrogen) atoms. The van der Waals surface area contributed by atoms with Crippen LogP contribution in [0.4, 0.5) is 5.82 Å². The highest BCUT2D eigenvalue weighted by Gasteiger charge is 2.22. The van der Waals surface area contributed by atoms with Gasteiger partial charge in [0, 0.05) is 42.4 Å². The van der Waals surface area contributed by atoms with E-state index in [0.29, 0.717) is 17.9 Å². The smallest absolute Gasteiger partial charge is 0.257 e. The van der Waals surface area contributed by atoms with E-state index in [0.717, 1.165) is 31.4 Å². The first kappa shape index (κ1) is 16.6. The first-order valence-corrected chi connectivity index (χ1v) is 9.19. The molecule has 5 heteroatoms. The molecule has 134 valence electrons. The zero-order valence-electron chi connectivity index (χ0n) is 15.3. The second-order valence-corrected chi connectivity index (χ2v) is 7.01. The molecule has 1 fully saturated rings. The molecule has 1 aromatic carbocycles. The fourth-order valence-electron chi connectivity index (χ4n) is 3.61. The number of fused-ring (bicyclic) bond motifs is 1. The first-order chi connectivity index (χ1) is 12.6. The average Bonchev–Trinajstić information content (AvgIpc) is 3.29. The molecular formula is C21H24N4O. The fraction of sp³-hybridized carbons (Fsp3) is 0.333. The predicted octanol–water partition coefficient (Wildman–Crippen LogP) is 4.03. The highest BCUT2D eigenvalue weighted by molar-refractivity contribution is 5.98. The van der Waals surface area contributed by atoms with Crippen LogP contribution in [0.5, 0.6) is 0 Å². The highest BCUT2D eigenvalue weighted by atomic mass is 16.2. The summed E-state index contributed by atoms with van der Waals surface area (Å²) in [5.41, 5.74) is 5.47. The lowest BCUT2D eigenvalue weighted by molar-refractivity contribution is 0.0793. The van der Waals surface area contributed by atoms with Gasteiger partial charge in [-0.1, -0.05) is 6.07 Å². The van der Waals surface area contributed by atoms with Crippen molar-refractivity contribution in [1.82, 2.24) is 14.9 Å². The number of carbonyl (C=O) groups excluding carboxylic acids is 1. The third-order valence-corrected chi connectivity index (χ3v) is 5.26. The van der Waals surface area contributed by atoms with E-state index in [9.17, 15) is 4.79 Å². The number of benzene rings is 1. The van der Waals surface area contributed by atoms with Crippen molar-refractivity contribution in [3.05, 3.63) is 58.9 Å². The molecule has 0 radical (unpaired) electrons. The molecule has 0 aliphatic carbocycles. The van der Waals surface area contributed by atoms with E-state index in [2.05, 4.69) is 47.3 Å². The summed E-state index contributed by atoms with van der Waals surface area (Å²) in [5, 5.41) is 4.60. The summed E-state index contributed by atoms with van der Waals surface area (Å²) in [7, 11) is 0. The number of pyridine rings is 1. The van der Waals surface area contributed by atoms with E-state index in [4.69, 9.17) is 0 Å². The van der Waals surface area contributed by atoms with Gasteiger partial charge in [0.1, 0.15) is 5.82 Å². The van der Waals surface area contributed by atoms with Crippen LogP contribution in [0.1, 0.15) is 40.0 Å². The van der Waals surface area contributed by atoms with Crippen molar-refractivity contribution in [2.45, 2.75) is 33.2 Å². The zero-order valence-corrected chi connectivity index (χ0v) is 15.3. The average molecular weight is 348 g/mol. The number of anilines is 1. The van der Waals surface area contributed by atoms with Crippen LogP contribution >= 0.6 is 0 Å². The summed E-state index contributed by atoms with van der Waals surface area (Å²) in [5.74, 6) is 0.733. The van der Waals surface area contributed by atoms with Crippen LogP contribution in [-0.2, 0) is 6.54 Å². The van der Waals surface area contributed by atoms with Gasteiger partial charge in [-0.15, -0.1) is 0 Å². The minimum absolute atomic E-state index is 0.0747. The Balaban J connectivity index is 1.55. The van der Waals surface area contributed by atoms with E-state index < -0.39 is 0 Å². The summed E-state index contributed by atoms with van der Waals surface area (Å²) < 4.78 is 0. The Morgan fingerprint density at radius 2 is 2.04 bits per heavy atom. The number of H-pyrrole nitrogens is 1. The second kappa shape index (κ2) is 6.83. The van der Waals surface area contributed by atoms with Gasteiger partial charge in [-0.3, -0.25) is 4.79 Å². The molecule has 3 heterocycles. The van der Waals surface area contributed by atoms with Gasteiger partial charge < -0.3 is 15.2 Å². The number of likely N-dealkylation sites (tertiary alicyclic amines) is 1. The first-order valence-electron chi connectivity index (χ1n) is 9.19. The topological polar surface area (TPSA) is 61.0 Å². The Morgan fingerprint density at radius 1 is 1.23 bits per heavy atom. The number of hydrogen-bond donors (Lipinski definition) is 2. The van der Waals surface area contributed by atoms with E-state index >= 15 is 0 Å². The van der Waals surface area contributed by atoms with Gasteiger partial charge in [-0.25, -0.2) is 4.98 Å². The third-order valence-electron chi connectivity index (χ3n) is 5.26. The number of aromatic nitrogens is 2. The minimum atomic E-state index is 0.0747. The standard InChI is InChI=1S/C21H24N4O/c1-14-15(2)24-19-8-7-16(12-18(14)19)13-23-20-17(6-5-9-22-20)21(26)25-10-3-4-11-25/h5-9,12,24H,3-4,10-11,13H2,1-2H3,(H,22,23). The monoisotopic (exact) mass is 348 g/mol. The molecule has 0 bridgehead atoms. The highest BCUT2D eigenvalue weighted by Crippen LogP contribution is 2.23. The van der Waals surface area contributed by atoms with Gasteiger partial charge >= 0.3 is 0 Å². The van der Waals surface area contributed by atoms with Gasteiger partial charge in [0.15, 0.2) is 0 Å². The maximum Gasteiger partial charge on any atom is 0.257 e. The summed E-state index contributed by atoms with van der Waals surface area (Å²) in [6.45, 7) is 6.55. The molecule has 0 saturated carbocycles. The predicted molar refractivity (Wildman–Crippen MR) is 104 cm³/mol. The van der Waals surface area contributed by atoms with Crippen molar-refractivity contribution >= 4 is 22.6 Å². The fourth-order valence-corrected chi connectivity index (χ4v) is 3.61. The Labute approximate surface area is 153 Å². The molecule has 1 aliphatic heterocycles. The normalized spacial score (nSPS) is 14.2. The maximum absolute atomic E-state index is 12.7. The molecule has 0 atom stereocenters. The molecule has 1 aliphatic rings. The Bertz CT molecular complexity index is 954. The van der Waals surface area contributed by atoms with E-state index in [1.54, 1.807) is 6.20 Å². The number of carbonyl (C=O) groups is 1. The van der Waals surface area contributed by atoms with Gasteiger partial charge in [0.05, 0.1) is 5.56 Å². The third kappa shape index (κ3) is 3.05. The molecule has 5 nitrogen and oxygen atoms in total. The largest absolute Gasteiger partial charge is 0.365 e. The molecule has 0 spiro atoms. The van der Waals surface area contributed by atoms with Crippen LogP contribution < -0.4 is 5.32 Å². The second-order valence-electron chi connectivity index (χ2n) is 7.01. The van der Waals surface area contributed by atoms with Gasteiger partial charge in [0.2, 0.25) is 0 Å². The SMILES string of the molecule is Cc1[nH]c2ccc(CNc3ncccc3C(=O)N3CCCC3)cc2c1C. The molecule has 1 amide bonds. The van der Waals surface area contributed by atoms with Crippen molar-refractivity contribution < 1.29 is 4.79 Å². The zero-order chi connectivity index (χ0) is 18.1. The maximum atomic E-state index is 12.7. The van der Waals surface area contributed by atoms with Crippen LogP contribution in [0.25, 0.3) is 10.9 Å². The lowest BCUT2D eigenvalue weighted by Gasteiger charge is -2.17. The lowest BCUT2D eigenvalue weighted by atomic mass is 10.1. The van der Waals surface area contributed by atoms with Crippen LogP contribution in [0.15, 0.2) is 36.5 Å². The number of nitrogens with one attached hydrogen (secondary N) is 2. The van der Waals surface area contributed by atoms with E-state index in [-0.39, 0.29) is 5.91 Å². The summed E-state index contributed by atoms with van der Waals surface area (Å²) in [6, 6.07) is 10.1. The van der Waals surface area contributed by atoms with Crippen molar-refractivity contribution in [2.24, 2.45) is 0 Å². The van der Waals surface area contributed by atoms with Crippen molar-refractivity contribution in [3.63, 3.8) is 0 Å². The van der Waals surface area contributed by atoms with Crippen molar-refractivity contribution in [2.75, 3.05) is 18.4 Å². The summed E-state index contributed by atoms with van der Waals surface area (Å²) in [4.78, 5) is 22.5. The van der Waals surface area contributed by atoms with E-state index in [1.165, 1.54) is 22.2 Å². The van der Waals surface area contributed by atoms with Crippen molar-refractivity contribution in [1.29, 1.82) is 0 Å². The summed E-state index contributed by atoms with van der Waals surface area (Å²) >= 11 is 0. The minimum Gasteiger partial charge on any atom is -0.365 e. The van der Waals surface area contributed by atoms with Crippen molar-refractivity contribution in [3.8, 4) is 0 Å². The van der Waals surface area contributed by atoms with Gasteiger partial charge in [-0.2, -0.15) is 0 Å². The van der Waals surface area contributed by atoms with Crippen LogP contribution in [0.2, 0.25) is 0 Å². The quantitative estimate of drug-likeness (QED) is 0.748. The van der Waals surface area contributed by atoms with Crippen LogP contribution in [0, 0.1) is 13.8 Å². The number of rotatable bonds is 4. The molecule has 0 unspecified atom stereocenters. The number of aromatic amines is 1. The van der Waals surface area contributed by atoms with E-state index in [1.807, 2.05) is 17.0 Å². The number of aryl methyl sites for hydroxylation is 2. The molecule has 4 rings (SSSR count). The Morgan fingerprint density at radius 3 is 2.85 bits per heavy atom.